The van der Waals surface area contributed by atoms with Gasteiger partial charge in [0.1, 0.15) is 0 Å². The molecule has 0 aliphatic carbocycles. The van der Waals surface area contributed by atoms with Crippen molar-refractivity contribution in [2.75, 3.05) is 0 Å². The van der Waals surface area contributed by atoms with Crippen LogP contribution in [-0.4, -0.2) is 0 Å². The molecule has 1 heteroatoms. The molecule has 0 saturated carbocycles. The molecule has 0 atom stereocenters. The van der Waals surface area contributed by atoms with Gasteiger partial charge in [0.15, 0.2) is 0 Å². The first-order valence-electron chi connectivity index (χ1n) is 7.58. The molecular weight excluding hydrogens is 288 g/mol. The molecular formula is C21H18Cl. The molecule has 3 rings (SSSR count). The Kier molecular flexibility index (Phi) is 4.92. The van der Waals surface area contributed by atoms with Gasteiger partial charge < -0.3 is 0 Å². The van der Waals surface area contributed by atoms with Gasteiger partial charge in [-0.3, -0.25) is 0 Å². The molecule has 0 amide bonds. The van der Waals surface area contributed by atoms with Crippen LogP contribution < -0.4 is 0 Å². The van der Waals surface area contributed by atoms with E-state index >= 15 is 0 Å². The molecule has 0 aliphatic heterocycles. The fraction of sp³-hybridized carbons (Fsp3) is 0.143. The van der Waals surface area contributed by atoms with Gasteiger partial charge in [0, 0.05) is 5.02 Å². The van der Waals surface area contributed by atoms with Crippen LogP contribution in [0.2, 0.25) is 5.02 Å². The average Bonchev–Trinajstić information content (AvgIpc) is 2.55. The molecule has 0 nitrogen and oxygen atoms in total. The summed E-state index contributed by atoms with van der Waals surface area (Å²) in [7, 11) is 0. The number of hydrogen-bond donors (Lipinski definition) is 0. The van der Waals surface area contributed by atoms with Gasteiger partial charge in [0.05, 0.1) is 0 Å². The first-order valence-corrected chi connectivity index (χ1v) is 7.96. The van der Waals surface area contributed by atoms with E-state index in [1.165, 1.54) is 22.3 Å². The molecule has 0 unspecified atom stereocenters. The van der Waals surface area contributed by atoms with Crippen LogP contribution in [0, 0.1) is 6.07 Å². The van der Waals surface area contributed by atoms with Crippen LogP contribution in [0.5, 0.6) is 0 Å². The highest BCUT2D eigenvalue weighted by Crippen LogP contribution is 2.17. The Morgan fingerprint density at radius 3 is 2.41 bits per heavy atom. The second-order valence-corrected chi connectivity index (χ2v) is 5.90. The number of rotatable bonds is 5. The van der Waals surface area contributed by atoms with E-state index in [9.17, 15) is 0 Å². The highest BCUT2D eigenvalue weighted by Gasteiger charge is 2.04. The lowest BCUT2D eigenvalue weighted by Crippen LogP contribution is -1.98. The maximum absolute atomic E-state index is 6.06. The van der Waals surface area contributed by atoms with Crippen LogP contribution in [0.3, 0.4) is 0 Å². The van der Waals surface area contributed by atoms with Crippen LogP contribution in [0.4, 0.5) is 0 Å². The monoisotopic (exact) mass is 305 g/mol. The Hall–Kier alpha value is -2.05. The zero-order chi connectivity index (χ0) is 15.2. The molecule has 0 aromatic heterocycles. The summed E-state index contributed by atoms with van der Waals surface area (Å²) in [5, 5.41) is 0.805. The molecule has 0 fully saturated rings. The van der Waals surface area contributed by atoms with Crippen molar-refractivity contribution in [3.8, 4) is 0 Å². The topological polar surface area (TPSA) is 0 Å². The fourth-order valence-electron chi connectivity index (χ4n) is 2.68. The minimum Gasteiger partial charge on any atom is -0.0843 e. The molecule has 1 radical (unpaired) electrons. The van der Waals surface area contributed by atoms with Crippen molar-refractivity contribution in [3.05, 3.63) is 106 Å². The van der Waals surface area contributed by atoms with Gasteiger partial charge in [-0.2, -0.15) is 0 Å². The minimum absolute atomic E-state index is 0.805. The third-order valence-corrected chi connectivity index (χ3v) is 4.06. The predicted octanol–water partition coefficient (Wildman–Crippen LogP) is 5.52. The third-order valence-electron chi connectivity index (χ3n) is 3.83. The highest BCUT2D eigenvalue weighted by molar-refractivity contribution is 6.30. The Morgan fingerprint density at radius 1 is 0.773 bits per heavy atom. The summed E-state index contributed by atoms with van der Waals surface area (Å²) < 4.78 is 0. The zero-order valence-electron chi connectivity index (χ0n) is 12.4. The predicted molar refractivity (Wildman–Crippen MR) is 93.4 cm³/mol. The van der Waals surface area contributed by atoms with Gasteiger partial charge >= 0.3 is 0 Å². The van der Waals surface area contributed by atoms with Crippen molar-refractivity contribution < 1.29 is 0 Å². The normalized spacial score (nSPS) is 10.6. The van der Waals surface area contributed by atoms with E-state index in [-0.39, 0.29) is 0 Å². The van der Waals surface area contributed by atoms with E-state index in [1.54, 1.807) is 0 Å². The summed E-state index contributed by atoms with van der Waals surface area (Å²) >= 11 is 6.06. The molecule has 0 N–H and O–H groups in total. The summed E-state index contributed by atoms with van der Waals surface area (Å²) in [6.45, 7) is 0. The van der Waals surface area contributed by atoms with Crippen LogP contribution in [0.15, 0.2) is 72.8 Å². The van der Waals surface area contributed by atoms with E-state index in [2.05, 4.69) is 54.6 Å². The smallest absolute Gasteiger partial charge is 0.0408 e. The van der Waals surface area contributed by atoms with Gasteiger partial charge in [-0.1, -0.05) is 72.3 Å². The van der Waals surface area contributed by atoms with Crippen molar-refractivity contribution in [1.29, 1.82) is 0 Å². The van der Waals surface area contributed by atoms with Gasteiger partial charge in [0.2, 0.25) is 0 Å². The second kappa shape index (κ2) is 7.29. The molecule has 109 valence electrons. The van der Waals surface area contributed by atoms with E-state index < -0.39 is 0 Å². The highest BCUT2D eigenvalue weighted by atomic mass is 35.5. The van der Waals surface area contributed by atoms with Gasteiger partial charge in [0.25, 0.3) is 0 Å². The fourth-order valence-corrected chi connectivity index (χ4v) is 2.90. The number of benzene rings is 3. The summed E-state index contributed by atoms with van der Waals surface area (Å²) in [5.41, 5.74) is 5.27. The van der Waals surface area contributed by atoms with Crippen LogP contribution in [-0.2, 0) is 19.3 Å². The summed E-state index contributed by atoms with van der Waals surface area (Å²) in [4.78, 5) is 0. The average molecular weight is 306 g/mol. The van der Waals surface area contributed by atoms with E-state index in [4.69, 9.17) is 11.6 Å². The molecule has 0 heterocycles. The lowest BCUT2D eigenvalue weighted by molar-refractivity contribution is 0.935. The van der Waals surface area contributed by atoms with Crippen molar-refractivity contribution in [2.45, 2.75) is 19.3 Å². The maximum Gasteiger partial charge on any atom is 0.0408 e. The minimum atomic E-state index is 0.805. The molecule has 22 heavy (non-hydrogen) atoms. The molecule has 3 aromatic carbocycles. The van der Waals surface area contributed by atoms with Crippen LogP contribution in [0.1, 0.15) is 22.3 Å². The van der Waals surface area contributed by atoms with Crippen molar-refractivity contribution in [2.24, 2.45) is 0 Å². The zero-order valence-corrected chi connectivity index (χ0v) is 13.2. The van der Waals surface area contributed by atoms with Gasteiger partial charge in [-0.25, -0.2) is 0 Å². The summed E-state index contributed by atoms with van der Waals surface area (Å²) in [5.74, 6) is 0. The van der Waals surface area contributed by atoms with E-state index in [0.717, 1.165) is 24.3 Å². The standard InChI is InChI=1S/C21H18Cl/c22-21-12-6-9-18(16-21)13-14-19-10-4-5-11-20(19)15-17-7-2-1-3-8-17/h1-9,11-12,16H,13-15H2. The Labute approximate surface area is 137 Å². The summed E-state index contributed by atoms with van der Waals surface area (Å²) in [6, 6.07) is 28.4. The number of hydrogen-bond acceptors (Lipinski definition) is 0. The summed E-state index contributed by atoms with van der Waals surface area (Å²) in [6.07, 6.45) is 2.94. The van der Waals surface area contributed by atoms with Crippen molar-refractivity contribution in [3.63, 3.8) is 0 Å². The molecule has 3 aromatic rings. The number of aryl methyl sites for hydroxylation is 2. The van der Waals surface area contributed by atoms with Crippen molar-refractivity contribution >= 4 is 11.6 Å². The van der Waals surface area contributed by atoms with Crippen LogP contribution in [0.25, 0.3) is 0 Å². The largest absolute Gasteiger partial charge is 0.0843 e. The first kappa shape index (κ1) is 14.9. The van der Waals surface area contributed by atoms with E-state index in [0.29, 0.717) is 0 Å². The first-order chi connectivity index (χ1) is 10.8. The molecule has 0 bridgehead atoms. The SMILES string of the molecule is Clc1cccc(CCc2[c]cccc2Cc2ccccc2)c1. The quantitative estimate of drug-likeness (QED) is 0.582. The Balaban J connectivity index is 1.74. The van der Waals surface area contributed by atoms with E-state index in [1.807, 2.05) is 24.3 Å². The molecule has 0 spiro atoms. The Morgan fingerprint density at radius 2 is 1.59 bits per heavy atom. The Bertz CT molecular complexity index is 732. The number of halogens is 1. The van der Waals surface area contributed by atoms with Crippen LogP contribution >= 0.6 is 11.6 Å². The molecule has 0 saturated heterocycles. The van der Waals surface area contributed by atoms with Crippen molar-refractivity contribution in [1.82, 2.24) is 0 Å². The van der Waals surface area contributed by atoms with Gasteiger partial charge in [-0.05, 0) is 59.7 Å². The lowest BCUT2D eigenvalue weighted by atomic mass is 9.95. The second-order valence-electron chi connectivity index (χ2n) is 5.47. The lowest BCUT2D eigenvalue weighted by Gasteiger charge is -2.09. The molecule has 0 aliphatic rings. The maximum atomic E-state index is 6.06. The van der Waals surface area contributed by atoms with Gasteiger partial charge in [-0.15, -0.1) is 0 Å². The third kappa shape index (κ3) is 3.99.